The van der Waals surface area contributed by atoms with Gasteiger partial charge in [-0.1, -0.05) is 0 Å². The summed E-state index contributed by atoms with van der Waals surface area (Å²) in [6.07, 6.45) is 1.33. The van der Waals surface area contributed by atoms with Crippen molar-refractivity contribution in [1.29, 1.82) is 0 Å². The first-order chi connectivity index (χ1) is 8.60. The van der Waals surface area contributed by atoms with Crippen LogP contribution in [-0.4, -0.2) is 48.4 Å². The predicted octanol–water partition coefficient (Wildman–Crippen LogP) is 0.307. The van der Waals surface area contributed by atoms with E-state index in [2.05, 4.69) is 15.0 Å². The molecule has 0 spiro atoms. The van der Waals surface area contributed by atoms with E-state index in [1.165, 1.54) is 7.11 Å². The van der Waals surface area contributed by atoms with Gasteiger partial charge in [0, 0.05) is 13.1 Å². The Hall–Kier alpha value is -2.25. The Morgan fingerprint density at radius 1 is 1.67 bits per heavy atom. The van der Waals surface area contributed by atoms with E-state index in [0.29, 0.717) is 13.1 Å². The molecule has 0 radical (unpaired) electrons. The molecule has 1 aliphatic rings. The molecule has 2 N–H and O–H groups in total. The number of carboxylic acid groups (broad SMARTS) is 1. The van der Waals surface area contributed by atoms with Gasteiger partial charge < -0.3 is 24.5 Å². The largest absolute Gasteiger partial charge is 0.476 e. The number of methoxy groups -OCH3 is 1. The summed E-state index contributed by atoms with van der Waals surface area (Å²) in [6.45, 7) is 1.14. The number of rotatable bonds is 3. The van der Waals surface area contributed by atoms with E-state index in [-0.39, 0.29) is 17.8 Å². The van der Waals surface area contributed by atoms with Crippen LogP contribution in [0.1, 0.15) is 16.9 Å². The van der Waals surface area contributed by atoms with Crippen LogP contribution in [-0.2, 0) is 4.74 Å². The number of hydrogen-bond acceptors (Lipinski definition) is 6. The van der Waals surface area contributed by atoms with Crippen LogP contribution >= 0.6 is 0 Å². The minimum Gasteiger partial charge on any atom is -0.476 e. The summed E-state index contributed by atoms with van der Waals surface area (Å²) >= 11 is 0. The van der Waals surface area contributed by atoms with Crippen LogP contribution < -0.4 is 10.2 Å². The Balaban J connectivity index is 1.95. The molecule has 2 rings (SSSR count). The monoisotopic (exact) mass is 255 g/mol. The molecule has 1 atom stereocenters. The molecule has 0 aromatic carbocycles. The van der Waals surface area contributed by atoms with Crippen LogP contribution in [0.4, 0.5) is 10.8 Å². The Morgan fingerprint density at radius 3 is 3.06 bits per heavy atom. The average Bonchev–Trinajstić information content (AvgIpc) is 2.96. The lowest BCUT2D eigenvalue weighted by atomic mass is 10.3. The molecule has 8 heteroatoms. The fraction of sp³-hybridized carbons (Fsp3) is 0.500. The van der Waals surface area contributed by atoms with Crippen LogP contribution in [0.5, 0.6) is 0 Å². The first-order valence-corrected chi connectivity index (χ1v) is 5.38. The molecular weight excluding hydrogens is 242 g/mol. The number of carbonyl (C=O) groups is 2. The Labute approximate surface area is 103 Å². The number of carboxylic acids is 1. The molecule has 1 unspecified atom stereocenters. The van der Waals surface area contributed by atoms with Gasteiger partial charge in [0.15, 0.2) is 5.69 Å². The van der Waals surface area contributed by atoms with E-state index in [1.807, 2.05) is 0 Å². The lowest BCUT2D eigenvalue weighted by Gasteiger charge is -2.13. The van der Waals surface area contributed by atoms with Gasteiger partial charge in [0.2, 0.25) is 0 Å². The lowest BCUT2D eigenvalue weighted by Crippen LogP contribution is -2.37. The Kier molecular flexibility index (Phi) is 3.35. The second-order valence-electron chi connectivity index (χ2n) is 3.89. The number of nitrogens with zero attached hydrogens (tertiary/aromatic N) is 2. The highest BCUT2D eigenvalue weighted by molar-refractivity contribution is 5.85. The zero-order chi connectivity index (χ0) is 13.1. The summed E-state index contributed by atoms with van der Waals surface area (Å²) in [4.78, 5) is 27.3. The van der Waals surface area contributed by atoms with Crippen LogP contribution in [0.2, 0.25) is 0 Å². The highest BCUT2D eigenvalue weighted by Gasteiger charge is 2.27. The molecule has 18 heavy (non-hydrogen) atoms. The SMILES string of the molecule is COC(=O)NC1CCN(c2nc(C(=O)O)co2)C1. The van der Waals surface area contributed by atoms with Crippen LogP contribution in [0.3, 0.4) is 0 Å². The van der Waals surface area contributed by atoms with Gasteiger partial charge in [-0.2, -0.15) is 4.98 Å². The molecule has 1 aromatic heterocycles. The normalized spacial score (nSPS) is 18.7. The maximum Gasteiger partial charge on any atom is 0.407 e. The fourth-order valence-electron chi connectivity index (χ4n) is 1.79. The van der Waals surface area contributed by atoms with E-state index in [4.69, 9.17) is 9.52 Å². The third-order valence-corrected chi connectivity index (χ3v) is 2.68. The Bertz CT molecular complexity index is 458. The van der Waals surface area contributed by atoms with Gasteiger partial charge in [-0.3, -0.25) is 0 Å². The summed E-state index contributed by atoms with van der Waals surface area (Å²) in [5.74, 6) is -1.13. The van der Waals surface area contributed by atoms with Crippen molar-refractivity contribution < 1.29 is 23.8 Å². The number of ether oxygens (including phenoxy) is 1. The van der Waals surface area contributed by atoms with Crippen LogP contribution in [0.25, 0.3) is 0 Å². The molecule has 1 saturated heterocycles. The first kappa shape index (κ1) is 12.2. The van der Waals surface area contributed by atoms with Crippen molar-refractivity contribution in [1.82, 2.24) is 10.3 Å². The third-order valence-electron chi connectivity index (χ3n) is 2.68. The summed E-state index contributed by atoms with van der Waals surface area (Å²) in [5, 5.41) is 11.4. The number of anilines is 1. The van der Waals surface area contributed by atoms with Crippen molar-refractivity contribution >= 4 is 18.1 Å². The number of nitrogens with one attached hydrogen (secondary N) is 1. The molecular formula is C10H13N3O5. The molecule has 1 aromatic rings. The van der Waals surface area contributed by atoms with Gasteiger partial charge in [-0.25, -0.2) is 9.59 Å². The van der Waals surface area contributed by atoms with E-state index in [9.17, 15) is 9.59 Å². The van der Waals surface area contributed by atoms with Crippen molar-refractivity contribution in [3.63, 3.8) is 0 Å². The van der Waals surface area contributed by atoms with Crippen LogP contribution in [0, 0.1) is 0 Å². The molecule has 1 amide bonds. The molecule has 1 fully saturated rings. The van der Waals surface area contributed by atoms with Gasteiger partial charge in [0.05, 0.1) is 13.2 Å². The fourth-order valence-corrected chi connectivity index (χ4v) is 1.79. The summed E-state index contributed by atoms with van der Waals surface area (Å²) < 4.78 is 9.58. The second-order valence-corrected chi connectivity index (χ2v) is 3.89. The van der Waals surface area contributed by atoms with Crippen molar-refractivity contribution in [3.8, 4) is 0 Å². The van der Waals surface area contributed by atoms with E-state index >= 15 is 0 Å². The predicted molar refractivity (Wildman–Crippen MR) is 59.6 cm³/mol. The number of alkyl carbamates (subject to hydrolysis) is 1. The minimum absolute atomic E-state index is 0.0578. The molecule has 0 aliphatic carbocycles. The highest BCUT2D eigenvalue weighted by Crippen LogP contribution is 2.19. The summed E-state index contributed by atoms with van der Waals surface area (Å²) in [7, 11) is 1.30. The van der Waals surface area contributed by atoms with Crippen molar-refractivity contribution in [2.45, 2.75) is 12.5 Å². The summed E-state index contributed by atoms with van der Waals surface area (Å²) in [5.41, 5.74) is -0.130. The van der Waals surface area contributed by atoms with E-state index < -0.39 is 12.1 Å². The van der Waals surface area contributed by atoms with E-state index in [0.717, 1.165) is 12.7 Å². The maximum absolute atomic E-state index is 11.0. The van der Waals surface area contributed by atoms with Gasteiger partial charge in [-0.05, 0) is 6.42 Å². The minimum atomic E-state index is -1.13. The molecule has 2 heterocycles. The molecule has 8 nitrogen and oxygen atoms in total. The number of aromatic carboxylic acids is 1. The van der Waals surface area contributed by atoms with Gasteiger partial charge in [0.1, 0.15) is 6.26 Å². The maximum atomic E-state index is 11.0. The summed E-state index contributed by atoms with van der Waals surface area (Å²) in [6, 6.07) is 0.194. The van der Waals surface area contributed by atoms with Crippen LogP contribution in [0.15, 0.2) is 10.7 Å². The number of amides is 1. The smallest absolute Gasteiger partial charge is 0.407 e. The van der Waals surface area contributed by atoms with Crippen molar-refractivity contribution in [2.75, 3.05) is 25.1 Å². The molecule has 0 bridgehead atoms. The third kappa shape index (κ3) is 2.53. The molecule has 98 valence electrons. The highest BCUT2D eigenvalue weighted by atomic mass is 16.5. The van der Waals surface area contributed by atoms with Crippen molar-refractivity contribution in [3.05, 3.63) is 12.0 Å². The first-order valence-electron chi connectivity index (χ1n) is 5.38. The standard InChI is InChI=1S/C10H13N3O5/c1-17-10(16)11-6-2-3-13(4-6)9-12-7(5-18-9)8(14)15/h5-6H,2-4H2,1H3,(H,11,16)(H,14,15). The molecule has 1 aliphatic heterocycles. The quantitative estimate of drug-likeness (QED) is 0.800. The Morgan fingerprint density at radius 2 is 2.44 bits per heavy atom. The number of hydrogen-bond donors (Lipinski definition) is 2. The molecule has 0 saturated carbocycles. The topological polar surface area (TPSA) is 105 Å². The van der Waals surface area contributed by atoms with Gasteiger partial charge in [-0.15, -0.1) is 0 Å². The number of oxazole rings is 1. The zero-order valence-electron chi connectivity index (χ0n) is 9.75. The lowest BCUT2D eigenvalue weighted by molar-refractivity contribution is 0.0690. The number of carbonyl (C=O) groups excluding carboxylic acids is 1. The second kappa shape index (κ2) is 4.94. The van der Waals surface area contributed by atoms with E-state index in [1.54, 1.807) is 4.90 Å². The number of aromatic nitrogens is 1. The van der Waals surface area contributed by atoms with Gasteiger partial charge in [0.25, 0.3) is 6.01 Å². The van der Waals surface area contributed by atoms with Gasteiger partial charge >= 0.3 is 12.1 Å². The average molecular weight is 255 g/mol. The zero-order valence-corrected chi connectivity index (χ0v) is 9.75. The van der Waals surface area contributed by atoms with Crippen molar-refractivity contribution in [2.24, 2.45) is 0 Å².